The molecular weight excluding hydrogens is 296 g/mol. The number of benzene rings is 1. The van der Waals surface area contributed by atoms with E-state index in [1.807, 2.05) is 0 Å². The van der Waals surface area contributed by atoms with Gasteiger partial charge in [0.05, 0.1) is 5.02 Å². The molecule has 118 valence electrons. The van der Waals surface area contributed by atoms with Crippen molar-refractivity contribution in [1.82, 2.24) is 0 Å². The van der Waals surface area contributed by atoms with E-state index < -0.39 is 6.61 Å². The second kappa shape index (κ2) is 7.83. The first-order chi connectivity index (χ1) is 10.1. The van der Waals surface area contributed by atoms with Gasteiger partial charge in [-0.05, 0) is 43.4 Å². The topological polar surface area (TPSA) is 21.3 Å². The molecule has 1 aliphatic rings. The van der Waals surface area contributed by atoms with Gasteiger partial charge in [-0.1, -0.05) is 37.8 Å². The summed E-state index contributed by atoms with van der Waals surface area (Å²) >= 11 is 5.97. The number of alkyl halides is 2. The number of halogens is 3. The molecule has 0 aliphatic heterocycles. The molecule has 0 radical (unpaired) electrons. The van der Waals surface area contributed by atoms with Gasteiger partial charge < -0.3 is 10.1 Å². The molecule has 2 atom stereocenters. The number of nitrogens with one attached hydrogen (secondary N) is 1. The lowest BCUT2D eigenvalue weighted by atomic mass is 9.98. The highest BCUT2D eigenvalue weighted by Gasteiger charge is 2.18. The van der Waals surface area contributed by atoms with Crippen LogP contribution in [0.1, 0.15) is 45.4 Å². The largest absolute Gasteiger partial charge is 0.433 e. The van der Waals surface area contributed by atoms with Crippen LogP contribution < -0.4 is 10.1 Å². The van der Waals surface area contributed by atoms with E-state index in [2.05, 4.69) is 17.0 Å². The van der Waals surface area contributed by atoms with Crippen molar-refractivity contribution in [1.29, 1.82) is 0 Å². The average molecular weight is 318 g/mol. The van der Waals surface area contributed by atoms with Crippen LogP contribution in [0.4, 0.5) is 14.5 Å². The van der Waals surface area contributed by atoms with Crippen molar-refractivity contribution in [3.05, 3.63) is 23.2 Å². The first-order valence-corrected chi connectivity index (χ1v) is 7.97. The molecule has 2 rings (SSSR count). The summed E-state index contributed by atoms with van der Waals surface area (Å²) in [5.74, 6) is 0.853. The Hall–Kier alpha value is -1.03. The molecule has 0 bridgehead atoms. The number of rotatable bonds is 5. The van der Waals surface area contributed by atoms with Crippen molar-refractivity contribution in [2.75, 3.05) is 5.32 Å². The molecule has 1 N–H and O–H groups in total. The molecule has 0 aromatic heterocycles. The normalized spacial score (nSPS) is 22.9. The van der Waals surface area contributed by atoms with Crippen LogP contribution in [0.25, 0.3) is 0 Å². The summed E-state index contributed by atoms with van der Waals surface area (Å²) in [5, 5.41) is 3.67. The summed E-state index contributed by atoms with van der Waals surface area (Å²) in [7, 11) is 0. The first kappa shape index (κ1) is 16.3. The molecule has 0 spiro atoms. The minimum atomic E-state index is -2.85. The number of anilines is 1. The molecule has 1 aromatic rings. The predicted octanol–water partition coefficient (Wildman–Crippen LogP) is 5.71. The summed E-state index contributed by atoms with van der Waals surface area (Å²) in [5.41, 5.74) is 0.863. The van der Waals surface area contributed by atoms with Gasteiger partial charge in [-0.3, -0.25) is 0 Å². The van der Waals surface area contributed by atoms with Crippen molar-refractivity contribution in [2.24, 2.45) is 5.92 Å². The number of ether oxygens (including phenoxy) is 1. The Bertz CT molecular complexity index is 456. The molecular formula is C16H22ClF2NO. The monoisotopic (exact) mass is 317 g/mol. The third kappa shape index (κ3) is 5.03. The van der Waals surface area contributed by atoms with E-state index in [9.17, 15) is 8.78 Å². The minimum absolute atomic E-state index is 0.0177. The molecule has 2 nitrogen and oxygen atoms in total. The van der Waals surface area contributed by atoms with Gasteiger partial charge in [0.1, 0.15) is 5.75 Å². The molecule has 1 fully saturated rings. The lowest BCUT2D eigenvalue weighted by Crippen LogP contribution is -2.18. The van der Waals surface area contributed by atoms with Gasteiger partial charge in [-0.25, -0.2) is 0 Å². The SMILES string of the molecule is CCC1CCCC(Nc2ccc(OC(F)F)c(Cl)c2)CC1. The third-order valence-corrected chi connectivity index (χ3v) is 4.48. The van der Waals surface area contributed by atoms with Gasteiger partial charge in [-0.15, -0.1) is 0 Å². The van der Waals surface area contributed by atoms with Gasteiger partial charge in [-0.2, -0.15) is 8.78 Å². The molecule has 21 heavy (non-hydrogen) atoms. The summed E-state index contributed by atoms with van der Waals surface area (Å²) in [6, 6.07) is 5.31. The van der Waals surface area contributed by atoms with E-state index in [0.29, 0.717) is 6.04 Å². The van der Waals surface area contributed by atoms with Crippen LogP contribution in [0.2, 0.25) is 5.02 Å². The van der Waals surface area contributed by atoms with Crippen LogP contribution in [0.3, 0.4) is 0 Å². The van der Waals surface area contributed by atoms with Gasteiger partial charge in [0, 0.05) is 11.7 Å². The van der Waals surface area contributed by atoms with E-state index in [0.717, 1.165) is 24.4 Å². The van der Waals surface area contributed by atoms with Gasteiger partial charge >= 0.3 is 6.61 Å². The van der Waals surface area contributed by atoms with Crippen LogP contribution in [0.15, 0.2) is 18.2 Å². The van der Waals surface area contributed by atoms with E-state index in [-0.39, 0.29) is 10.8 Å². The summed E-state index contributed by atoms with van der Waals surface area (Å²) in [6.07, 6.45) is 7.31. The highest BCUT2D eigenvalue weighted by atomic mass is 35.5. The van der Waals surface area contributed by atoms with Gasteiger partial charge in [0.2, 0.25) is 0 Å². The lowest BCUT2D eigenvalue weighted by Gasteiger charge is -2.19. The van der Waals surface area contributed by atoms with Crippen molar-refractivity contribution in [3.8, 4) is 5.75 Å². The fourth-order valence-corrected chi connectivity index (χ4v) is 3.17. The Morgan fingerprint density at radius 3 is 2.76 bits per heavy atom. The van der Waals surface area contributed by atoms with Crippen molar-refractivity contribution in [3.63, 3.8) is 0 Å². The summed E-state index contributed by atoms with van der Waals surface area (Å²) < 4.78 is 28.7. The van der Waals surface area contributed by atoms with E-state index >= 15 is 0 Å². The zero-order valence-corrected chi connectivity index (χ0v) is 13.0. The standard InChI is InChI=1S/C16H22ClF2NO/c1-2-11-4-3-5-12(7-6-11)20-13-8-9-15(14(17)10-13)21-16(18)19/h8-12,16,20H,2-7H2,1H3. The highest BCUT2D eigenvalue weighted by molar-refractivity contribution is 6.32. The number of hydrogen-bond acceptors (Lipinski definition) is 2. The third-order valence-electron chi connectivity index (χ3n) is 4.18. The van der Waals surface area contributed by atoms with E-state index in [1.165, 1.54) is 31.7 Å². The Balaban J connectivity index is 1.95. The van der Waals surface area contributed by atoms with Crippen molar-refractivity contribution in [2.45, 2.75) is 58.1 Å². The molecule has 0 saturated heterocycles. The Morgan fingerprint density at radius 1 is 1.29 bits per heavy atom. The first-order valence-electron chi connectivity index (χ1n) is 7.59. The summed E-state index contributed by atoms with van der Waals surface area (Å²) in [6.45, 7) is -0.603. The van der Waals surface area contributed by atoms with Crippen LogP contribution in [0, 0.1) is 5.92 Å². The van der Waals surface area contributed by atoms with Crippen LogP contribution in [-0.4, -0.2) is 12.7 Å². The second-order valence-electron chi connectivity index (χ2n) is 5.65. The molecule has 1 aliphatic carbocycles. The molecule has 1 aromatic carbocycles. The average Bonchev–Trinajstić information content (AvgIpc) is 2.67. The molecule has 2 unspecified atom stereocenters. The number of hydrogen-bond donors (Lipinski definition) is 1. The Morgan fingerprint density at radius 2 is 2.10 bits per heavy atom. The van der Waals surface area contributed by atoms with Crippen molar-refractivity contribution >= 4 is 17.3 Å². The Kier molecular flexibility index (Phi) is 6.09. The van der Waals surface area contributed by atoms with Crippen LogP contribution in [0.5, 0.6) is 5.75 Å². The fraction of sp³-hybridized carbons (Fsp3) is 0.625. The smallest absolute Gasteiger partial charge is 0.387 e. The molecule has 5 heteroatoms. The second-order valence-corrected chi connectivity index (χ2v) is 6.05. The zero-order valence-electron chi connectivity index (χ0n) is 12.2. The minimum Gasteiger partial charge on any atom is -0.433 e. The maximum absolute atomic E-state index is 12.2. The van der Waals surface area contributed by atoms with E-state index in [4.69, 9.17) is 11.6 Å². The zero-order chi connectivity index (χ0) is 15.2. The molecule has 1 saturated carbocycles. The van der Waals surface area contributed by atoms with Gasteiger partial charge in [0.25, 0.3) is 0 Å². The quantitative estimate of drug-likeness (QED) is 0.702. The maximum Gasteiger partial charge on any atom is 0.387 e. The lowest BCUT2D eigenvalue weighted by molar-refractivity contribution is -0.0497. The van der Waals surface area contributed by atoms with E-state index in [1.54, 1.807) is 12.1 Å². The van der Waals surface area contributed by atoms with Crippen molar-refractivity contribution < 1.29 is 13.5 Å². The van der Waals surface area contributed by atoms with Crippen LogP contribution >= 0.6 is 11.6 Å². The van der Waals surface area contributed by atoms with Crippen LogP contribution in [-0.2, 0) is 0 Å². The molecule has 0 heterocycles. The molecule has 0 amide bonds. The fourth-order valence-electron chi connectivity index (χ4n) is 2.95. The van der Waals surface area contributed by atoms with Gasteiger partial charge in [0.15, 0.2) is 0 Å². The maximum atomic E-state index is 12.2. The summed E-state index contributed by atoms with van der Waals surface area (Å²) in [4.78, 5) is 0. The highest BCUT2D eigenvalue weighted by Crippen LogP contribution is 2.31. The predicted molar refractivity (Wildman–Crippen MR) is 82.4 cm³/mol. The Labute approximate surface area is 129 Å².